The van der Waals surface area contributed by atoms with Crippen molar-refractivity contribution in [1.29, 1.82) is 0 Å². The first-order valence-electron chi connectivity index (χ1n) is 7.83. The monoisotopic (exact) mass is 291 g/mol. The second-order valence-corrected chi connectivity index (χ2v) is 6.83. The number of hydrogen-bond donors (Lipinski definition) is 1. The quantitative estimate of drug-likeness (QED) is 0.845. The third kappa shape index (κ3) is 3.00. The van der Waals surface area contributed by atoms with Gasteiger partial charge in [0.1, 0.15) is 0 Å². The fraction of sp³-hybridized carbons (Fsp3) is 0.688. The van der Waals surface area contributed by atoms with Gasteiger partial charge in [-0.25, -0.2) is 0 Å². The van der Waals surface area contributed by atoms with Crippen LogP contribution in [-0.2, 0) is 7.05 Å². The number of hydrogen-bond acceptors (Lipinski definition) is 1. The van der Waals surface area contributed by atoms with E-state index in [1.807, 2.05) is 0 Å². The normalized spacial score (nSPS) is 27.2. The lowest BCUT2D eigenvalue weighted by Gasteiger charge is -2.33. The van der Waals surface area contributed by atoms with Gasteiger partial charge in [0.25, 0.3) is 0 Å². The third-order valence-electron chi connectivity index (χ3n) is 4.66. The Bertz CT molecular complexity index is 478. The average Bonchev–Trinajstić information content (AvgIpc) is 3.16. The van der Waals surface area contributed by atoms with E-state index in [-0.39, 0.29) is 0 Å². The second kappa shape index (κ2) is 5.76. The Labute approximate surface area is 127 Å². The summed E-state index contributed by atoms with van der Waals surface area (Å²) >= 11 is 5.69. The molecule has 1 aliphatic carbocycles. The van der Waals surface area contributed by atoms with Crippen molar-refractivity contribution in [3.63, 3.8) is 0 Å². The minimum Gasteiger partial charge on any atom is -0.360 e. The molecule has 3 rings (SSSR count). The Morgan fingerprint density at radius 1 is 1.25 bits per heavy atom. The van der Waals surface area contributed by atoms with Gasteiger partial charge < -0.3 is 14.8 Å². The van der Waals surface area contributed by atoms with E-state index >= 15 is 0 Å². The van der Waals surface area contributed by atoms with Crippen LogP contribution in [0.15, 0.2) is 18.3 Å². The molecule has 0 amide bonds. The average molecular weight is 291 g/mol. The molecule has 2 atom stereocenters. The van der Waals surface area contributed by atoms with Crippen LogP contribution in [0.4, 0.5) is 0 Å². The summed E-state index contributed by atoms with van der Waals surface area (Å²) in [6.45, 7) is 3.44. The maximum Gasteiger partial charge on any atom is 0.169 e. The molecule has 2 aliphatic rings. The van der Waals surface area contributed by atoms with E-state index in [0.717, 1.165) is 17.6 Å². The summed E-state index contributed by atoms with van der Waals surface area (Å²) in [5.74, 6) is 0.798. The number of rotatable bonds is 2. The smallest absolute Gasteiger partial charge is 0.169 e. The van der Waals surface area contributed by atoms with Crippen molar-refractivity contribution in [2.24, 2.45) is 13.0 Å². The largest absolute Gasteiger partial charge is 0.360 e. The lowest BCUT2D eigenvalue weighted by atomic mass is 10.0. The predicted molar refractivity (Wildman–Crippen MR) is 86.6 cm³/mol. The molecule has 4 heteroatoms. The lowest BCUT2D eigenvalue weighted by Crippen LogP contribution is -2.43. The minimum atomic E-state index is 0.429. The Kier molecular flexibility index (Phi) is 4.01. The first-order valence-corrected chi connectivity index (χ1v) is 8.24. The van der Waals surface area contributed by atoms with E-state index in [1.54, 1.807) is 0 Å². The van der Waals surface area contributed by atoms with E-state index < -0.39 is 0 Å². The van der Waals surface area contributed by atoms with Crippen LogP contribution in [-0.4, -0.2) is 27.2 Å². The van der Waals surface area contributed by atoms with E-state index in [0.29, 0.717) is 12.1 Å². The molecule has 1 aromatic heterocycles. The van der Waals surface area contributed by atoms with E-state index in [9.17, 15) is 0 Å². The molecule has 2 fully saturated rings. The molecule has 0 radical (unpaired) electrons. The summed E-state index contributed by atoms with van der Waals surface area (Å²) in [7, 11) is 2.14. The number of likely N-dealkylation sites (tertiary alicyclic amines) is 1. The van der Waals surface area contributed by atoms with E-state index in [2.05, 4.69) is 47.1 Å². The lowest BCUT2D eigenvalue weighted by molar-refractivity contribution is 0.305. The molecule has 2 heterocycles. The molecule has 3 nitrogen and oxygen atoms in total. The Morgan fingerprint density at radius 3 is 2.70 bits per heavy atom. The standard InChI is InChI=1S/C16H25N3S/c1-12-5-8-15(14-4-3-10-18(14)2)19(11-9-12)16(20)17-13-6-7-13/h3-4,10,12-13,15H,5-9,11H2,1-2H3,(H,17,20)/t12-,15+/m0/s1. The molecule has 0 unspecified atom stereocenters. The van der Waals surface area contributed by atoms with Gasteiger partial charge in [-0.05, 0) is 62.4 Å². The number of nitrogens with zero attached hydrogens (tertiary/aromatic N) is 2. The topological polar surface area (TPSA) is 20.2 Å². The molecular formula is C16H25N3S. The zero-order chi connectivity index (χ0) is 14.1. The van der Waals surface area contributed by atoms with Crippen molar-refractivity contribution in [1.82, 2.24) is 14.8 Å². The summed E-state index contributed by atoms with van der Waals surface area (Å²) in [5.41, 5.74) is 1.39. The molecular weight excluding hydrogens is 266 g/mol. The molecule has 1 aliphatic heterocycles. The van der Waals surface area contributed by atoms with Crippen molar-refractivity contribution < 1.29 is 0 Å². The summed E-state index contributed by atoms with van der Waals surface area (Å²) < 4.78 is 2.24. The highest BCUT2D eigenvalue weighted by molar-refractivity contribution is 7.80. The van der Waals surface area contributed by atoms with Crippen LogP contribution in [0.5, 0.6) is 0 Å². The van der Waals surface area contributed by atoms with Crippen molar-refractivity contribution >= 4 is 17.3 Å². The molecule has 1 aromatic rings. The van der Waals surface area contributed by atoms with Gasteiger partial charge in [0, 0.05) is 31.5 Å². The van der Waals surface area contributed by atoms with E-state index in [1.165, 1.54) is 37.8 Å². The van der Waals surface area contributed by atoms with Gasteiger partial charge in [0.05, 0.1) is 6.04 Å². The predicted octanol–water partition coefficient (Wildman–Crippen LogP) is 3.23. The molecule has 0 spiro atoms. The van der Waals surface area contributed by atoms with Crippen LogP contribution in [0.25, 0.3) is 0 Å². The van der Waals surface area contributed by atoms with Gasteiger partial charge in [-0.3, -0.25) is 0 Å². The van der Waals surface area contributed by atoms with Crippen LogP contribution < -0.4 is 5.32 Å². The fourth-order valence-corrected chi connectivity index (χ4v) is 3.50. The number of aromatic nitrogens is 1. The second-order valence-electron chi connectivity index (χ2n) is 6.45. The third-order valence-corrected chi connectivity index (χ3v) is 5.02. The fourth-order valence-electron chi connectivity index (χ4n) is 3.11. The Balaban J connectivity index is 1.81. The minimum absolute atomic E-state index is 0.429. The first-order chi connectivity index (χ1) is 9.65. The van der Waals surface area contributed by atoms with E-state index in [4.69, 9.17) is 12.2 Å². The maximum absolute atomic E-state index is 5.69. The van der Waals surface area contributed by atoms with Gasteiger partial charge in [-0.15, -0.1) is 0 Å². The summed E-state index contributed by atoms with van der Waals surface area (Å²) in [4.78, 5) is 2.44. The van der Waals surface area contributed by atoms with Crippen molar-refractivity contribution in [3.8, 4) is 0 Å². The van der Waals surface area contributed by atoms with Gasteiger partial charge in [-0.2, -0.15) is 0 Å². The number of nitrogens with one attached hydrogen (secondary N) is 1. The number of aryl methyl sites for hydroxylation is 1. The highest BCUT2D eigenvalue weighted by Gasteiger charge is 2.30. The van der Waals surface area contributed by atoms with Crippen molar-refractivity contribution in [2.45, 2.75) is 51.1 Å². The van der Waals surface area contributed by atoms with Crippen molar-refractivity contribution in [2.75, 3.05) is 6.54 Å². The van der Waals surface area contributed by atoms with Crippen LogP contribution in [0.3, 0.4) is 0 Å². The highest BCUT2D eigenvalue weighted by Crippen LogP contribution is 2.33. The van der Waals surface area contributed by atoms with Crippen LogP contribution >= 0.6 is 12.2 Å². The van der Waals surface area contributed by atoms with Gasteiger partial charge >= 0.3 is 0 Å². The molecule has 110 valence electrons. The highest BCUT2D eigenvalue weighted by atomic mass is 32.1. The molecule has 0 bridgehead atoms. The zero-order valence-electron chi connectivity index (χ0n) is 12.5. The molecule has 1 saturated carbocycles. The van der Waals surface area contributed by atoms with Crippen molar-refractivity contribution in [3.05, 3.63) is 24.0 Å². The zero-order valence-corrected chi connectivity index (χ0v) is 13.3. The SMILES string of the molecule is C[C@H]1CC[C@H](c2cccn2C)N(C(=S)NC2CC2)CC1. The number of thiocarbonyl (C=S) groups is 1. The molecule has 1 saturated heterocycles. The first kappa shape index (κ1) is 13.9. The van der Waals surface area contributed by atoms with Gasteiger partial charge in [-0.1, -0.05) is 6.92 Å². The Hall–Kier alpha value is -1.03. The molecule has 0 aromatic carbocycles. The maximum atomic E-state index is 5.69. The Morgan fingerprint density at radius 2 is 2.05 bits per heavy atom. The molecule has 1 N–H and O–H groups in total. The van der Waals surface area contributed by atoms with Crippen LogP contribution in [0, 0.1) is 5.92 Å². The van der Waals surface area contributed by atoms with Crippen LogP contribution in [0.2, 0.25) is 0 Å². The van der Waals surface area contributed by atoms with Gasteiger partial charge in [0.15, 0.2) is 5.11 Å². The van der Waals surface area contributed by atoms with Gasteiger partial charge in [0.2, 0.25) is 0 Å². The summed E-state index contributed by atoms with van der Waals surface area (Å²) in [6.07, 6.45) is 8.43. The van der Waals surface area contributed by atoms with Crippen LogP contribution in [0.1, 0.15) is 50.8 Å². The molecule has 20 heavy (non-hydrogen) atoms. The summed E-state index contributed by atoms with van der Waals surface area (Å²) in [6, 6.07) is 5.45. The summed E-state index contributed by atoms with van der Waals surface area (Å²) in [5, 5.41) is 4.49.